The van der Waals surface area contributed by atoms with Crippen LogP contribution in [0.25, 0.3) is 0 Å². The van der Waals surface area contributed by atoms with Crippen LogP contribution in [-0.2, 0) is 14.3 Å². The van der Waals surface area contributed by atoms with E-state index in [4.69, 9.17) is 5.11 Å². The van der Waals surface area contributed by atoms with Crippen molar-refractivity contribution in [2.75, 3.05) is 13.7 Å². The van der Waals surface area contributed by atoms with Gasteiger partial charge in [-0.2, -0.15) is 0 Å². The van der Waals surface area contributed by atoms with Crippen molar-refractivity contribution in [3.63, 3.8) is 0 Å². The quantitative estimate of drug-likeness (QED) is 0.501. The molecule has 0 bridgehead atoms. The number of hydrogen-bond donors (Lipinski definition) is 1. The maximum atomic E-state index is 10.5. The van der Waals surface area contributed by atoms with Gasteiger partial charge in [-0.15, -0.1) is 0 Å². The molecule has 0 saturated heterocycles. The van der Waals surface area contributed by atoms with E-state index in [1.807, 2.05) is 0 Å². The number of carbonyl (C=O) groups excluding carboxylic acids is 1. The van der Waals surface area contributed by atoms with Gasteiger partial charge in [0.25, 0.3) is 0 Å². The van der Waals surface area contributed by atoms with Crippen LogP contribution in [0.1, 0.15) is 0 Å². The summed E-state index contributed by atoms with van der Waals surface area (Å²) in [6, 6.07) is 0. The van der Waals surface area contributed by atoms with Crippen LogP contribution in [0.5, 0.6) is 0 Å². The first-order valence-corrected chi connectivity index (χ1v) is 2.84. The Kier molecular flexibility index (Phi) is 1.91. The molecule has 0 aromatic rings. The van der Waals surface area contributed by atoms with Gasteiger partial charge in [-0.05, 0) is 0 Å². The zero-order chi connectivity index (χ0) is 7.56. The van der Waals surface area contributed by atoms with Gasteiger partial charge in [-0.3, -0.25) is 0 Å². The second kappa shape index (κ2) is 2.70. The molecular weight excluding hydrogens is 136 g/mol. The molecular formula is C6H8O4. The van der Waals surface area contributed by atoms with Crippen LogP contribution in [0, 0.1) is 0 Å². The molecule has 0 fully saturated rings. The summed E-state index contributed by atoms with van der Waals surface area (Å²) in [5.41, 5.74) is 0. The molecule has 1 heterocycles. The maximum Gasteiger partial charge on any atom is 0.334 e. The van der Waals surface area contributed by atoms with Gasteiger partial charge >= 0.3 is 5.97 Å². The summed E-state index contributed by atoms with van der Waals surface area (Å²) in [5.74, 6) is -0.210. The summed E-state index contributed by atoms with van der Waals surface area (Å²) in [5, 5.41) is 9.02. The average molecular weight is 144 g/mol. The summed E-state index contributed by atoms with van der Waals surface area (Å²) < 4.78 is 9.16. The Balaban J connectivity index is 2.71. The minimum atomic E-state index is -0.803. The molecule has 56 valence electrons. The minimum Gasteiger partial charge on any atom is -0.498 e. The third-order valence-electron chi connectivity index (χ3n) is 1.21. The number of methoxy groups -OCH3 is 1. The SMILES string of the molecule is COC1=CC(=O)OC[C@H]1O. The maximum absolute atomic E-state index is 10.5. The van der Waals surface area contributed by atoms with Gasteiger partial charge in [0.15, 0.2) is 0 Å². The lowest BCUT2D eigenvalue weighted by Crippen LogP contribution is -2.26. The van der Waals surface area contributed by atoms with Crippen LogP contribution in [0.4, 0.5) is 0 Å². The predicted molar refractivity (Wildman–Crippen MR) is 32.1 cm³/mol. The molecule has 4 nitrogen and oxygen atoms in total. The fourth-order valence-electron chi connectivity index (χ4n) is 0.692. The van der Waals surface area contributed by atoms with E-state index in [0.717, 1.165) is 6.08 Å². The molecule has 0 amide bonds. The van der Waals surface area contributed by atoms with Crippen LogP contribution in [0.2, 0.25) is 0 Å². The third-order valence-corrected chi connectivity index (χ3v) is 1.21. The van der Waals surface area contributed by atoms with Gasteiger partial charge in [0.1, 0.15) is 18.5 Å². The largest absolute Gasteiger partial charge is 0.498 e. The van der Waals surface area contributed by atoms with Crippen LogP contribution in [-0.4, -0.2) is 30.9 Å². The van der Waals surface area contributed by atoms with E-state index in [9.17, 15) is 4.79 Å². The zero-order valence-corrected chi connectivity index (χ0v) is 5.53. The van der Waals surface area contributed by atoms with Gasteiger partial charge in [0.05, 0.1) is 13.2 Å². The molecule has 0 spiro atoms. The van der Waals surface area contributed by atoms with E-state index in [1.165, 1.54) is 7.11 Å². The van der Waals surface area contributed by atoms with Crippen molar-refractivity contribution in [3.05, 3.63) is 11.8 Å². The van der Waals surface area contributed by atoms with E-state index in [-0.39, 0.29) is 12.4 Å². The Morgan fingerprint density at radius 1 is 1.90 bits per heavy atom. The molecule has 0 unspecified atom stereocenters. The molecule has 0 saturated carbocycles. The number of cyclic esters (lactones) is 1. The molecule has 0 aromatic heterocycles. The van der Waals surface area contributed by atoms with Crippen LogP contribution >= 0.6 is 0 Å². The van der Waals surface area contributed by atoms with Gasteiger partial charge in [-0.25, -0.2) is 4.79 Å². The Hall–Kier alpha value is -1.03. The summed E-state index contributed by atoms with van der Waals surface area (Å²) >= 11 is 0. The Bertz CT molecular complexity index is 173. The zero-order valence-electron chi connectivity index (χ0n) is 5.53. The topological polar surface area (TPSA) is 55.8 Å². The number of ether oxygens (including phenoxy) is 2. The lowest BCUT2D eigenvalue weighted by molar-refractivity contribution is -0.143. The van der Waals surface area contributed by atoms with Gasteiger partial charge in [0.2, 0.25) is 0 Å². The first-order chi connectivity index (χ1) is 4.74. The standard InChI is InChI=1S/C6H8O4/c1-9-5-2-6(8)10-3-4(5)7/h2,4,7H,3H2,1H3/t4-/m1/s1. The predicted octanol–water partition coefficient (Wildman–Crippen LogP) is -0.566. The molecule has 0 radical (unpaired) electrons. The minimum absolute atomic E-state index is 0.0154. The van der Waals surface area contributed by atoms with E-state index in [2.05, 4.69) is 9.47 Å². The van der Waals surface area contributed by atoms with E-state index >= 15 is 0 Å². The first kappa shape index (κ1) is 7.08. The van der Waals surface area contributed by atoms with Crippen molar-refractivity contribution in [2.24, 2.45) is 0 Å². The third kappa shape index (κ3) is 1.27. The van der Waals surface area contributed by atoms with Crippen molar-refractivity contribution >= 4 is 5.97 Å². The highest BCUT2D eigenvalue weighted by Crippen LogP contribution is 2.09. The molecule has 1 rings (SSSR count). The number of hydrogen-bond acceptors (Lipinski definition) is 4. The highest BCUT2D eigenvalue weighted by atomic mass is 16.6. The molecule has 1 N–H and O–H groups in total. The molecule has 1 aliphatic heterocycles. The van der Waals surface area contributed by atoms with E-state index < -0.39 is 12.1 Å². The number of esters is 1. The number of aliphatic hydroxyl groups excluding tert-OH is 1. The average Bonchev–Trinajstić information content (AvgIpc) is 1.94. The highest BCUT2D eigenvalue weighted by molar-refractivity contribution is 5.83. The van der Waals surface area contributed by atoms with Crippen LogP contribution in [0.15, 0.2) is 11.8 Å². The van der Waals surface area contributed by atoms with Gasteiger partial charge in [0, 0.05) is 0 Å². The summed E-state index contributed by atoms with van der Waals surface area (Å²) in [7, 11) is 1.40. The van der Waals surface area contributed by atoms with Crippen molar-refractivity contribution in [1.82, 2.24) is 0 Å². The molecule has 4 heteroatoms. The van der Waals surface area contributed by atoms with Crippen molar-refractivity contribution in [2.45, 2.75) is 6.10 Å². The van der Waals surface area contributed by atoms with Crippen LogP contribution < -0.4 is 0 Å². The smallest absolute Gasteiger partial charge is 0.334 e. The Labute approximate surface area is 58.1 Å². The first-order valence-electron chi connectivity index (χ1n) is 2.84. The fraction of sp³-hybridized carbons (Fsp3) is 0.500. The molecule has 0 aliphatic carbocycles. The van der Waals surface area contributed by atoms with Crippen LogP contribution in [0.3, 0.4) is 0 Å². The number of rotatable bonds is 1. The number of aliphatic hydroxyl groups is 1. The Morgan fingerprint density at radius 3 is 3.10 bits per heavy atom. The van der Waals surface area contributed by atoms with Gasteiger partial charge < -0.3 is 14.6 Å². The van der Waals surface area contributed by atoms with Gasteiger partial charge in [-0.1, -0.05) is 0 Å². The molecule has 10 heavy (non-hydrogen) atoms. The summed E-state index contributed by atoms with van der Waals surface area (Å²) in [6.45, 7) is -0.0154. The highest BCUT2D eigenvalue weighted by Gasteiger charge is 2.20. The van der Waals surface area contributed by atoms with Crippen molar-refractivity contribution < 1.29 is 19.4 Å². The molecule has 1 aliphatic rings. The van der Waals surface area contributed by atoms with Crippen molar-refractivity contribution in [3.8, 4) is 0 Å². The normalized spacial score (nSPS) is 25.2. The second-order valence-corrected chi connectivity index (χ2v) is 1.90. The van der Waals surface area contributed by atoms with E-state index in [1.54, 1.807) is 0 Å². The Morgan fingerprint density at radius 2 is 2.60 bits per heavy atom. The second-order valence-electron chi connectivity index (χ2n) is 1.90. The molecule has 1 atom stereocenters. The summed E-state index contributed by atoms with van der Waals surface area (Å²) in [4.78, 5) is 10.5. The monoisotopic (exact) mass is 144 g/mol. The van der Waals surface area contributed by atoms with E-state index in [0.29, 0.717) is 0 Å². The number of carbonyl (C=O) groups is 1. The lowest BCUT2D eigenvalue weighted by Gasteiger charge is -2.17. The lowest BCUT2D eigenvalue weighted by atomic mass is 10.2. The summed E-state index contributed by atoms with van der Waals surface area (Å²) in [6.07, 6.45) is 0.330. The molecule has 0 aromatic carbocycles. The fourth-order valence-corrected chi connectivity index (χ4v) is 0.692. The van der Waals surface area contributed by atoms with Crippen molar-refractivity contribution in [1.29, 1.82) is 0 Å².